The van der Waals surface area contributed by atoms with Crippen LogP contribution in [-0.2, 0) is 16.1 Å². The standard InChI is InChI=1S/C12H19N3O2/c1-9-5-6-14-15(9)8-11(17)13-7-10(16)12(2,3)4/h5-6H,7-8H2,1-4H3,(H,13,17). The van der Waals surface area contributed by atoms with Crippen LogP contribution in [0.2, 0.25) is 0 Å². The van der Waals surface area contributed by atoms with Crippen molar-refractivity contribution in [3.63, 3.8) is 0 Å². The first-order valence-corrected chi connectivity index (χ1v) is 5.59. The van der Waals surface area contributed by atoms with Gasteiger partial charge in [0, 0.05) is 17.3 Å². The summed E-state index contributed by atoms with van der Waals surface area (Å²) < 4.78 is 1.59. The van der Waals surface area contributed by atoms with Crippen LogP contribution in [0.25, 0.3) is 0 Å². The number of nitrogens with zero attached hydrogens (tertiary/aromatic N) is 2. The van der Waals surface area contributed by atoms with E-state index >= 15 is 0 Å². The fourth-order valence-corrected chi connectivity index (χ4v) is 1.20. The Balaban J connectivity index is 2.42. The van der Waals surface area contributed by atoms with Crippen molar-refractivity contribution >= 4 is 11.7 Å². The monoisotopic (exact) mass is 237 g/mol. The Bertz CT molecular complexity index is 416. The number of rotatable bonds is 4. The molecule has 0 atom stereocenters. The number of carbonyl (C=O) groups excluding carboxylic acids is 2. The smallest absolute Gasteiger partial charge is 0.242 e. The highest BCUT2D eigenvalue weighted by Crippen LogP contribution is 2.13. The Kier molecular flexibility index (Phi) is 4.04. The van der Waals surface area contributed by atoms with Crippen molar-refractivity contribution in [2.45, 2.75) is 34.2 Å². The maximum absolute atomic E-state index is 11.6. The minimum Gasteiger partial charge on any atom is -0.347 e. The summed E-state index contributed by atoms with van der Waals surface area (Å²) in [7, 11) is 0. The van der Waals surface area contributed by atoms with Crippen molar-refractivity contribution in [1.29, 1.82) is 0 Å². The van der Waals surface area contributed by atoms with Gasteiger partial charge in [0.05, 0.1) is 6.54 Å². The molecule has 0 aromatic carbocycles. The highest BCUT2D eigenvalue weighted by molar-refractivity contribution is 5.89. The van der Waals surface area contributed by atoms with Crippen LogP contribution >= 0.6 is 0 Å². The molecule has 17 heavy (non-hydrogen) atoms. The molecule has 0 saturated carbocycles. The van der Waals surface area contributed by atoms with E-state index in [0.29, 0.717) is 0 Å². The first-order valence-electron chi connectivity index (χ1n) is 5.59. The van der Waals surface area contributed by atoms with Crippen molar-refractivity contribution in [3.8, 4) is 0 Å². The molecule has 1 aromatic rings. The fourth-order valence-electron chi connectivity index (χ4n) is 1.20. The van der Waals surface area contributed by atoms with Gasteiger partial charge in [-0.1, -0.05) is 20.8 Å². The SMILES string of the molecule is Cc1ccnn1CC(=O)NCC(=O)C(C)(C)C. The summed E-state index contributed by atoms with van der Waals surface area (Å²) in [6, 6.07) is 1.83. The molecule has 0 spiro atoms. The van der Waals surface area contributed by atoms with Gasteiger partial charge in [0.1, 0.15) is 6.54 Å². The minimum absolute atomic E-state index is 0.0167. The molecule has 0 radical (unpaired) electrons. The Morgan fingerprint density at radius 2 is 2.06 bits per heavy atom. The minimum atomic E-state index is -0.422. The lowest BCUT2D eigenvalue weighted by atomic mass is 9.91. The number of ketones is 1. The van der Waals surface area contributed by atoms with Gasteiger partial charge in [-0.3, -0.25) is 14.3 Å². The summed E-state index contributed by atoms with van der Waals surface area (Å²) in [5.41, 5.74) is 0.497. The van der Waals surface area contributed by atoms with Gasteiger partial charge < -0.3 is 5.32 Å². The topological polar surface area (TPSA) is 64.0 Å². The van der Waals surface area contributed by atoms with Gasteiger partial charge in [-0.15, -0.1) is 0 Å². The number of Topliss-reactive ketones (excluding diaryl/α,β-unsaturated/α-hetero) is 1. The van der Waals surface area contributed by atoms with Crippen LogP contribution in [0.15, 0.2) is 12.3 Å². The van der Waals surface area contributed by atoms with Crippen LogP contribution in [-0.4, -0.2) is 28.0 Å². The van der Waals surface area contributed by atoms with Crippen molar-refractivity contribution < 1.29 is 9.59 Å². The molecule has 0 bridgehead atoms. The molecule has 5 nitrogen and oxygen atoms in total. The van der Waals surface area contributed by atoms with E-state index < -0.39 is 5.41 Å². The van der Waals surface area contributed by atoms with E-state index in [1.807, 2.05) is 33.8 Å². The third-order valence-corrected chi connectivity index (χ3v) is 2.50. The molecular weight excluding hydrogens is 218 g/mol. The number of nitrogens with one attached hydrogen (secondary N) is 1. The lowest BCUT2D eigenvalue weighted by Crippen LogP contribution is -2.37. The summed E-state index contributed by atoms with van der Waals surface area (Å²) in [4.78, 5) is 23.2. The van der Waals surface area contributed by atoms with E-state index in [4.69, 9.17) is 0 Å². The second kappa shape index (κ2) is 5.12. The van der Waals surface area contributed by atoms with Crippen molar-refractivity contribution in [2.75, 3.05) is 6.54 Å². The summed E-state index contributed by atoms with van der Waals surface area (Å²) >= 11 is 0. The van der Waals surface area contributed by atoms with Gasteiger partial charge >= 0.3 is 0 Å². The van der Waals surface area contributed by atoms with Crippen molar-refractivity contribution in [3.05, 3.63) is 18.0 Å². The van der Waals surface area contributed by atoms with Gasteiger partial charge in [0.15, 0.2) is 5.78 Å². The number of aromatic nitrogens is 2. The Labute approximate surface area is 101 Å². The molecule has 5 heteroatoms. The largest absolute Gasteiger partial charge is 0.347 e. The van der Waals surface area contributed by atoms with Crippen LogP contribution in [0.1, 0.15) is 26.5 Å². The van der Waals surface area contributed by atoms with Gasteiger partial charge in [0.2, 0.25) is 5.91 Å². The maximum Gasteiger partial charge on any atom is 0.242 e. The highest BCUT2D eigenvalue weighted by Gasteiger charge is 2.21. The second-order valence-electron chi connectivity index (χ2n) is 5.08. The third kappa shape index (κ3) is 4.01. The lowest BCUT2D eigenvalue weighted by Gasteiger charge is -2.16. The van der Waals surface area contributed by atoms with E-state index in [9.17, 15) is 9.59 Å². The number of hydrogen-bond donors (Lipinski definition) is 1. The highest BCUT2D eigenvalue weighted by atomic mass is 16.2. The van der Waals surface area contributed by atoms with Gasteiger partial charge in [-0.25, -0.2) is 0 Å². The fraction of sp³-hybridized carbons (Fsp3) is 0.583. The predicted octanol–water partition coefficient (Wildman–Crippen LogP) is 0.923. The molecule has 1 heterocycles. The van der Waals surface area contributed by atoms with E-state index in [0.717, 1.165) is 5.69 Å². The number of carbonyl (C=O) groups is 2. The van der Waals surface area contributed by atoms with Crippen molar-refractivity contribution in [2.24, 2.45) is 5.41 Å². The normalized spacial score (nSPS) is 11.3. The van der Waals surface area contributed by atoms with E-state index in [-0.39, 0.29) is 24.8 Å². The lowest BCUT2D eigenvalue weighted by molar-refractivity contribution is -0.129. The molecule has 0 unspecified atom stereocenters. The van der Waals surface area contributed by atoms with Crippen LogP contribution in [0.5, 0.6) is 0 Å². The van der Waals surface area contributed by atoms with Crippen molar-refractivity contribution in [1.82, 2.24) is 15.1 Å². The summed E-state index contributed by atoms with van der Waals surface area (Å²) in [5, 5.41) is 6.61. The Hall–Kier alpha value is -1.65. The summed E-state index contributed by atoms with van der Waals surface area (Å²) in [5.74, 6) is -0.183. The summed E-state index contributed by atoms with van der Waals surface area (Å²) in [6.07, 6.45) is 1.64. The van der Waals surface area contributed by atoms with E-state index in [1.165, 1.54) is 0 Å². The van der Waals surface area contributed by atoms with Gasteiger partial charge in [-0.05, 0) is 13.0 Å². The molecule has 1 amide bonds. The molecule has 0 aliphatic heterocycles. The molecule has 1 N–H and O–H groups in total. The number of aryl methyl sites for hydroxylation is 1. The first-order chi connectivity index (χ1) is 7.80. The number of hydrogen-bond acceptors (Lipinski definition) is 3. The zero-order chi connectivity index (χ0) is 13.1. The molecular formula is C12H19N3O2. The zero-order valence-electron chi connectivity index (χ0n) is 10.8. The van der Waals surface area contributed by atoms with Crippen LogP contribution in [0.4, 0.5) is 0 Å². The van der Waals surface area contributed by atoms with Gasteiger partial charge in [-0.2, -0.15) is 5.10 Å². The molecule has 1 aromatic heterocycles. The average Bonchev–Trinajstić information content (AvgIpc) is 2.59. The summed E-state index contributed by atoms with van der Waals surface area (Å²) in [6.45, 7) is 7.59. The number of amides is 1. The predicted molar refractivity (Wildman–Crippen MR) is 64.4 cm³/mol. The quantitative estimate of drug-likeness (QED) is 0.847. The van der Waals surface area contributed by atoms with Crippen LogP contribution < -0.4 is 5.32 Å². The molecule has 0 saturated heterocycles. The van der Waals surface area contributed by atoms with Crippen LogP contribution in [0.3, 0.4) is 0 Å². The molecule has 94 valence electrons. The maximum atomic E-state index is 11.6. The third-order valence-electron chi connectivity index (χ3n) is 2.50. The molecule has 0 aliphatic rings. The second-order valence-corrected chi connectivity index (χ2v) is 5.08. The average molecular weight is 237 g/mol. The Morgan fingerprint density at radius 1 is 1.41 bits per heavy atom. The molecule has 1 rings (SSSR count). The molecule has 0 aliphatic carbocycles. The zero-order valence-corrected chi connectivity index (χ0v) is 10.8. The first kappa shape index (κ1) is 13.4. The van der Waals surface area contributed by atoms with Crippen LogP contribution in [0, 0.1) is 12.3 Å². The van der Waals surface area contributed by atoms with E-state index in [1.54, 1.807) is 10.9 Å². The van der Waals surface area contributed by atoms with E-state index in [2.05, 4.69) is 10.4 Å². The van der Waals surface area contributed by atoms with Gasteiger partial charge in [0.25, 0.3) is 0 Å². The Morgan fingerprint density at radius 3 is 2.53 bits per heavy atom. The molecule has 0 fully saturated rings.